The van der Waals surface area contributed by atoms with Crippen LogP contribution in [0.3, 0.4) is 0 Å². The standard InChI is InChI=1S/C26H25N7O3S/c1-17-12-24(30-18(2)29-17)32-37(35,36)22-10-8-21(9-11-22)31-26(34)20-14-33(15-20)25-13-23(27-16-28-25)19-6-4-3-5-7-19/h3-13,16,20H,14-15H2,1-2H3,(H,31,34)(H,29,30,32). The summed E-state index contributed by atoms with van der Waals surface area (Å²) in [5, 5.41) is 2.86. The van der Waals surface area contributed by atoms with Gasteiger partial charge in [0.2, 0.25) is 5.91 Å². The van der Waals surface area contributed by atoms with E-state index < -0.39 is 10.0 Å². The minimum atomic E-state index is -3.84. The van der Waals surface area contributed by atoms with Crippen molar-refractivity contribution in [3.8, 4) is 11.3 Å². The van der Waals surface area contributed by atoms with Gasteiger partial charge < -0.3 is 10.2 Å². The average Bonchev–Trinajstić information content (AvgIpc) is 2.83. The molecule has 0 radical (unpaired) electrons. The van der Waals surface area contributed by atoms with E-state index in [9.17, 15) is 13.2 Å². The summed E-state index contributed by atoms with van der Waals surface area (Å²) in [5.74, 6) is 1.12. The predicted molar refractivity (Wildman–Crippen MR) is 141 cm³/mol. The Hall–Kier alpha value is -4.38. The molecule has 188 valence electrons. The number of nitrogens with zero attached hydrogens (tertiary/aromatic N) is 5. The molecule has 1 fully saturated rings. The number of sulfonamides is 1. The summed E-state index contributed by atoms with van der Waals surface area (Å²) in [4.78, 5) is 31.8. The molecule has 0 spiro atoms. The monoisotopic (exact) mass is 515 g/mol. The van der Waals surface area contributed by atoms with Crippen LogP contribution in [0.5, 0.6) is 0 Å². The molecule has 5 rings (SSSR count). The van der Waals surface area contributed by atoms with Crippen molar-refractivity contribution in [2.75, 3.05) is 28.0 Å². The summed E-state index contributed by atoms with van der Waals surface area (Å²) in [5.41, 5.74) is 3.01. The second-order valence-corrected chi connectivity index (χ2v) is 10.5. The number of hydrogen-bond donors (Lipinski definition) is 2. The van der Waals surface area contributed by atoms with Gasteiger partial charge in [0.05, 0.1) is 16.5 Å². The number of amides is 1. The molecule has 0 saturated carbocycles. The van der Waals surface area contributed by atoms with E-state index in [0.29, 0.717) is 30.3 Å². The molecule has 1 aliphatic heterocycles. The number of hydrogen-bond acceptors (Lipinski definition) is 8. The molecule has 2 aromatic heterocycles. The van der Waals surface area contributed by atoms with Crippen molar-refractivity contribution in [3.05, 3.63) is 84.6 Å². The van der Waals surface area contributed by atoms with Crippen LogP contribution in [-0.4, -0.2) is 47.4 Å². The number of benzene rings is 2. The molecular weight excluding hydrogens is 490 g/mol. The van der Waals surface area contributed by atoms with Crippen molar-refractivity contribution >= 4 is 33.3 Å². The fourth-order valence-corrected chi connectivity index (χ4v) is 5.04. The van der Waals surface area contributed by atoms with E-state index in [1.165, 1.54) is 18.5 Å². The average molecular weight is 516 g/mol. The highest BCUT2D eigenvalue weighted by Crippen LogP contribution is 2.27. The highest BCUT2D eigenvalue weighted by molar-refractivity contribution is 7.92. The van der Waals surface area contributed by atoms with Crippen LogP contribution in [0.4, 0.5) is 17.3 Å². The van der Waals surface area contributed by atoms with Gasteiger partial charge >= 0.3 is 0 Å². The zero-order valence-electron chi connectivity index (χ0n) is 20.3. The molecule has 0 aliphatic carbocycles. The number of anilines is 3. The summed E-state index contributed by atoms with van der Waals surface area (Å²) in [6.07, 6.45) is 1.53. The second-order valence-electron chi connectivity index (χ2n) is 8.79. The van der Waals surface area contributed by atoms with Crippen molar-refractivity contribution in [3.63, 3.8) is 0 Å². The first kappa shape index (κ1) is 24.3. The van der Waals surface area contributed by atoms with Crippen LogP contribution >= 0.6 is 0 Å². The molecule has 0 atom stereocenters. The Labute approximate surface area is 214 Å². The Morgan fingerprint density at radius 1 is 0.946 bits per heavy atom. The molecule has 1 amide bonds. The summed E-state index contributed by atoms with van der Waals surface area (Å²) >= 11 is 0. The van der Waals surface area contributed by atoms with Gasteiger partial charge in [0.15, 0.2) is 0 Å². The van der Waals surface area contributed by atoms with Gasteiger partial charge in [0.1, 0.15) is 23.8 Å². The van der Waals surface area contributed by atoms with Gasteiger partial charge in [-0.25, -0.2) is 28.4 Å². The zero-order valence-corrected chi connectivity index (χ0v) is 21.1. The fraction of sp³-hybridized carbons (Fsp3) is 0.192. The number of aromatic nitrogens is 4. The molecule has 1 saturated heterocycles. The van der Waals surface area contributed by atoms with E-state index in [4.69, 9.17) is 0 Å². The van der Waals surface area contributed by atoms with Crippen molar-refractivity contribution < 1.29 is 13.2 Å². The number of rotatable bonds is 7. The first-order valence-electron chi connectivity index (χ1n) is 11.7. The molecular formula is C26H25N7O3S. The molecule has 2 aromatic carbocycles. The minimum Gasteiger partial charge on any atom is -0.355 e. The molecule has 11 heteroatoms. The topological polar surface area (TPSA) is 130 Å². The van der Waals surface area contributed by atoms with Gasteiger partial charge in [0.25, 0.3) is 10.0 Å². The molecule has 0 unspecified atom stereocenters. The number of aryl methyl sites for hydroxylation is 2. The van der Waals surface area contributed by atoms with Crippen molar-refractivity contribution in [2.45, 2.75) is 18.7 Å². The van der Waals surface area contributed by atoms with Gasteiger partial charge in [-0.3, -0.25) is 9.52 Å². The quantitative estimate of drug-likeness (QED) is 0.383. The Bertz CT molecular complexity index is 1520. The molecule has 4 aromatic rings. The third kappa shape index (κ3) is 5.56. The first-order chi connectivity index (χ1) is 17.8. The Morgan fingerprint density at radius 3 is 2.38 bits per heavy atom. The van der Waals surface area contributed by atoms with E-state index in [1.54, 1.807) is 32.0 Å². The van der Waals surface area contributed by atoms with Gasteiger partial charge in [-0.05, 0) is 38.1 Å². The maximum absolute atomic E-state index is 12.7. The van der Waals surface area contributed by atoms with E-state index in [-0.39, 0.29) is 22.5 Å². The normalized spacial score (nSPS) is 13.6. The first-order valence-corrected chi connectivity index (χ1v) is 13.1. The predicted octanol–water partition coefficient (Wildman–Crippen LogP) is 3.43. The highest BCUT2D eigenvalue weighted by atomic mass is 32.2. The molecule has 10 nitrogen and oxygen atoms in total. The van der Waals surface area contributed by atoms with Crippen molar-refractivity contribution in [1.29, 1.82) is 0 Å². The third-order valence-electron chi connectivity index (χ3n) is 5.94. The van der Waals surface area contributed by atoms with Crippen LogP contribution in [0.1, 0.15) is 11.5 Å². The molecule has 2 N–H and O–H groups in total. The summed E-state index contributed by atoms with van der Waals surface area (Å²) < 4.78 is 27.9. The van der Waals surface area contributed by atoms with Crippen LogP contribution in [0.2, 0.25) is 0 Å². The lowest BCUT2D eigenvalue weighted by Gasteiger charge is -2.39. The molecule has 1 aliphatic rings. The fourth-order valence-electron chi connectivity index (χ4n) is 4.05. The Balaban J connectivity index is 1.18. The highest BCUT2D eigenvalue weighted by Gasteiger charge is 2.33. The molecule has 37 heavy (non-hydrogen) atoms. The van der Waals surface area contributed by atoms with Crippen LogP contribution in [-0.2, 0) is 14.8 Å². The van der Waals surface area contributed by atoms with E-state index in [1.807, 2.05) is 41.3 Å². The van der Waals surface area contributed by atoms with Crippen molar-refractivity contribution in [1.82, 2.24) is 19.9 Å². The molecule has 0 bridgehead atoms. The van der Waals surface area contributed by atoms with Crippen LogP contribution in [0.15, 0.2) is 78.0 Å². The summed E-state index contributed by atoms with van der Waals surface area (Å²) in [7, 11) is -3.84. The lowest BCUT2D eigenvalue weighted by atomic mass is 9.99. The van der Waals surface area contributed by atoms with E-state index in [2.05, 4.69) is 30.0 Å². The maximum atomic E-state index is 12.7. The number of carbonyl (C=O) groups is 1. The van der Waals surface area contributed by atoms with E-state index in [0.717, 1.165) is 17.1 Å². The SMILES string of the molecule is Cc1cc(NS(=O)(=O)c2ccc(NC(=O)C3CN(c4cc(-c5ccccc5)ncn4)C3)cc2)nc(C)n1. The van der Waals surface area contributed by atoms with Gasteiger partial charge in [-0.15, -0.1) is 0 Å². The number of carbonyl (C=O) groups excluding carboxylic acids is 1. The smallest absolute Gasteiger partial charge is 0.263 e. The van der Waals surface area contributed by atoms with Crippen LogP contribution < -0.4 is 14.9 Å². The minimum absolute atomic E-state index is 0.0622. The van der Waals surface area contributed by atoms with Crippen LogP contribution in [0.25, 0.3) is 11.3 Å². The molecule has 3 heterocycles. The van der Waals surface area contributed by atoms with Gasteiger partial charge in [-0.2, -0.15) is 0 Å². The van der Waals surface area contributed by atoms with Crippen LogP contribution in [0, 0.1) is 19.8 Å². The Morgan fingerprint density at radius 2 is 1.68 bits per heavy atom. The second kappa shape index (κ2) is 9.94. The maximum Gasteiger partial charge on any atom is 0.263 e. The lowest BCUT2D eigenvalue weighted by molar-refractivity contribution is -0.120. The van der Waals surface area contributed by atoms with Crippen molar-refractivity contribution in [2.24, 2.45) is 5.92 Å². The van der Waals surface area contributed by atoms with Gasteiger partial charge in [0, 0.05) is 42.2 Å². The number of nitrogens with one attached hydrogen (secondary N) is 2. The lowest BCUT2D eigenvalue weighted by Crippen LogP contribution is -2.52. The largest absolute Gasteiger partial charge is 0.355 e. The third-order valence-corrected chi connectivity index (χ3v) is 7.31. The Kier molecular flexibility index (Phi) is 6.53. The zero-order chi connectivity index (χ0) is 26.0. The van der Waals surface area contributed by atoms with Gasteiger partial charge in [-0.1, -0.05) is 30.3 Å². The van der Waals surface area contributed by atoms with E-state index >= 15 is 0 Å². The summed E-state index contributed by atoms with van der Waals surface area (Å²) in [6, 6.07) is 19.3. The summed E-state index contributed by atoms with van der Waals surface area (Å²) in [6.45, 7) is 4.52.